The molecule has 2 aliphatic rings. The second-order valence-electron chi connectivity index (χ2n) is 8.04. The maximum atomic E-state index is 15.3. The molecular formula is C22H21F2N5O3. The van der Waals surface area contributed by atoms with Gasteiger partial charge in [-0.25, -0.2) is 23.5 Å². The van der Waals surface area contributed by atoms with Crippen LogP contribution in [0.3, 0.4) is 0 Å². The fourth-order valence-corrected chi connectivity index (χ4v) is 4.28. The predicted octanol–water partition coefficient (Wildman–Crippen LogP) is 4.12. The van der Waals surface area contributed by atoms with Crippen LogP contribution in [0.25, 0.3) is 21.9 Å². The van der Waals surface area contributed by atoms with Crippen molar-refractivity contribution in [1.29, 1.82) is 0 Å². The van der Waals surface area contributed by atoms with E-state index < -0.39 is 24.1 Å². The first kappa shape index (κ1) is 20.2. The van der Waals surface area contributed by atoms with Gasteiger partial charge in [-0.2, -0.15) is 0 Å². The van der Waals surface area contributed by atoms with Crippen molar-refractivity contribution in [2.24, 2.45) is 0 Å². The molecule has 0 radical (unpaired) electrons. The summed E-state index contributed by atoms with van der Waals surface area (Å²) in [5.74, 6) is -0.000818. The van der Waals surface area contributed by atoms with E-state index in [2.05, 4.69) is 15.3 Å². The van der Waals surface area contributed by atoms with Crippen LogP contribution in [0.1, 0.15) is 18.4 Å². The summed E-state index contributed by atoms with van der Waals surface area (Å²) in [4.78, 5) is 21.3. The van der Waals surface area contributed by atoms with Gasteiger partial charge in [0.05, 0.1) is 5.69 Å². The van der Waals surface area contributed by atoms with Gasteiger partial charge in [0.15, 0.2) is 5.82 Å². The summed E-state index contributed by atoms with van der Waals surface area (Å²) in [5.41, 5.74) is 8.24. The van der Waals surface area contributed by atoms with E-state index in [1.165, 1.54) is 18.5 Å². The highest BCUT2D eigenvalue weighted by Crippen LogP contribution is 2.40. The number of nitrogen functional groups attached to an aromatic ring is 1. The van der Waals surface area contributed by atoms with Crippen molar-refractivity contribution in [3.63, 3.8) is 0 Å². The summed E-state index contributed by atoms with van der Waals surface area (Å²) in [6, 6.07) is 2.66. The van der Waals surface area contributed by atoms with Crippen LogP contribution in [-0.4, -0.2) is 46.5 Å². The zero-order chi connectivity index (χ0) is 22.6. The first-order chi connectivity index (χ1) is 15.3. The van der Waals surface area contributed by atoms with Crippen LogP contribution in [-0.2, 0) is 0 Å². The number of nitrogens with zero attached hydrogens (tertiary/aromatic N) is 3. The van der Waals surface area contributed by atoms with Crippen LogP contribution < -0.4 is 20.7 Å². The van der Waals surface area contributed by atoms with E-state index >= 15 is 4.39 Å². The minimum absolute atomic E-state index is 0.0905. The number of anilines is 3. The second kappa shape index (κ2) is 7.47. The number of aromatic nitrogens is 2. The van der Waals surface area contributed by atoms with E-state index in [1.807, 2.05) is 6.92 Å². The maximum Gasteiger partial charge on any atom is 0.413 e. The molecule has 2 aromatic heterocycles. The second-order valence-corrected chi connectivity index (χ2v) is 8.04. The number of halogens is 2. The molecule has 1 aromatic carbocycles. The van der Waals surface area contributed by atoms with Crippen molar-refractivity contribution in [3.05, 3.63) is 35.9 Å². The number of benzene rings is 1. The fourth-order valence-electron chi connectivity index (χ4n) is 4.28. The summed E-state index contributed by atoms with van der Waals surface area (Å²) in [6.07, 6.45) is 0.893. The predicted molar refractivity (Wildman–Crippen MR) is 116 cm³/mol. The lowest BCUT2D eigenvalue weighted by atomic mass is 9.89. The third kappa shape index (κ3) is 3.14. The Kier molecular flexibility index (Phi) is 4.72. The van der Waals surface area contributed by atoms with Crippen LogP contribution in [0.2, 0.25) is 0 Å². The van der Waals surface area contributed by atoms with Crippen LogP contribution in [0.15, 0.2) is 24.5 Å². The van der Waals surface area contributed by atoms with Crippen molar-refractivity contribution in [2.75, 3.05) is 29.1 Å². The first-order valence-corrected chi connectivity index (χ1v) is 10.3. The molecule has 3 aromatic rings. The van der Waals surface area contributed by atoms with Gasteiger partial charge in [-0.15, -0.1) is 0 Å². The molecule has 5 rings (SSSR count). The summed E-state index contributed by atoms with van der Waals surface area (Å²) >= 11 is 0. The SMILES string of the molecule is Cc1c(-c2cc3cc(N(C(=O)O)C4CC(F)C4)ncc3c(N)c2F)cnc2c1NCCO2. The van der Waals surface area contributed by atoms with Crippen LogP contribution in [0, 0.1) is 12.7 Å². The number of carbonyl (C=O) groups is 1. The molecule has 10 heteroatoms. The smallest absolute Gasteiger partial charge is 0.413 e. The van der Waals surface area contributed by atoms with Gasteiger partial charge in [0.25, 0.3) is 0 Å². The number of ether oxygens (including phenoxy) is 1. The highest BCUT2D eigenvalue weighted by molar-refractivity contribution is 5.99. The van der Waals surface area contributed by atoms with Crippen molar-refractivity contribution in [1.82, 2.24) is 9.97 Å². The summed E-state index contributed by atoms with van der Waals surface area (Å²) in [5, 5.41) is 13.8. The van der Waals surface area contributed by atoms with Crippen molar-refractivity contribution in [3.8, 4) is 17.0 Å². The number of hydrogen-bond acceptors (Lipinski definition) is 6. The maximum absolute atomic E-state index is 15.3. The Morgan fingerprint density at radius 1 is 1.28 bits per heavy atom. The summed E-state index contributed by atoms with van der Waals surface area (Å²) < 4.78 is 34.2. The summed E-state index contributed by atoms with van der Waals surface area (Å²) in [6.45, 7) is 2.95. The van der Waals surface area contributed by atoms with Gasteiger partial charge < -0.3 is 20.9 Å². The van der Waals surface area contributed by atoms with Gasteiger partial charge in [-0.1, -0.05) is 0 Å². The number of nitrogens with two attached hydrogens (primary N) is 1. The molecule has 8 nitrogen and oxygen atoms in total. The molecule has 1 aliphatic heterocycles. The highest BCUT2D eigenvalue weighted by atomic mass is 19.1. The topological polar surface area (TPSA) is 114 Å². The Morgan fingerprint density at radius 3 is 2.78 bits per heavy atom. The number of rotatable bonds is 3. The van der Waals surface area contributed by atoms with E-state index in [0.717, 1.165) is 10.5 Å². The lowest BCUT2D eigenvalue weighted by Gasteiger charge is -2.37. The molecule has 1 aliphatic carbocycles. The number of fused-ring (bicyclic) bond motifs is 2. The molecule has 0 spiro atoms. The molecule has 1 amide bonds. The Balaban J connectivity index is 1.64. The normalized spacial score (nSPS) is 19.5. The molecule has 0 saturated heterocycles. The molecule has 32 heavy (non-hydrogen) atoms. The van der Waals surface area contributed by atoms with Crippen LogP contribution >= 0.6 is 0 Å². The minimum Gasteiger partial charge on any atom is -0.474 e. The zero-order valence-electron chi connectivity index (χ0n) is 17.2. The number of pyridine rings is 2. The molecule has 0 bridgehead atoms. The fraction of sp³-hybridized carbons (Fsp3) is 0.318. The number of alkyl halides is 1. The molecule has 4 N–H and O–H groups in total. The largest absolute Gasteiger partial charge is 0.474 e. The molecule has 0 unspecified atom stereocenters. The molecule has 1 saturated carbocycles. The Hall–Kier alpha value is -3.69. The van der Waals surface area contributed by atoms with Crippen molar-refractivity contribution >= 4 is 34.1 Å². The van der Waals surface area contributed by atoms with Gasteiger partial charge in [0.1, 0.15) is 24.3 Å². The molecular weight excluding hydrogens is 420 g/mol. The van der Waals surface area contributed by atoms with E-state index in [9.17, 15) is 14.3 Å². The summed E-state index contributed by atoms with van der Waals surface area (Å²) in [7, 11) is 0. The highest BCUT2D eigenvalue weighted by Gasteiger charge is 2.38. The third-order valence-electron chi connectivity index (χ3n) is 6.09. The average molecular weight is 441 g/mol. The quantitative estimate of drug-likeness (QED) is 0.524. The van der Waals surface area contributed by atoms with Gasteiger partial charge in [-0.3, -0.25) is 4.90 Å². The first-order valence-electron chi connectivity index (χ1n) is 10.3. The molecule has 1 fully saturated rings. The van der Waals surface area contributed by atoms with E-state index in [4.69, 9.17) is 10.5 Å². The minimum atomic E-state index is -1.22. The molecule has 0 atom stereocenters. The van der Waals surface area contributed by atoms with Crippen LogP contribution in [0.4, 0.5) is 30.8 Å². The van der Waals surface area contributed by atoms with Crippen molar-refractivity contribution < 1.29 is 23.4 Å². The lowest BCUT2D eigenvalue weighted by Crippen LogP contribution is -2.48. The Labute approximate surface area is 182 Å². The molecule has 166 valence electrons. The van der Waals surface area contributed by atoms with Gasteiger partial charge in [0.2, 0.25) is 5.88 Å². The van der Waals surface area contributed by atoms with Gasteiger partial charge in [0, 0.05) is 41.5 Å². The van der Waals surface area contributed by atoms with E-state index in [-0.39, 0.29) is 29.9 Å². The number of nitrogens with one attached hydrogen (secondary N) is 1. The average Bonchev–Trinajstić information content (AvgIpc) is 2.76. The Bertz CT molecular complexity index is 1250. The number of carboxylic acid groups (broad SMARTS) is 1. The van der Waals surface area contributed by atoms with Crippen molar-refractivity contribution in [2.45, 2.75) is 32.0 Å². The van der Waals surface area contributed by atoms with E-state index in [0.29, 0.717) is 41.1 Å². The number of amides is 1. The van der Waals surface area contributed by atoms with Gasteiger partial charge >= 0.3 is 6.09 Å². The lowest BCUT2D eigenvalue weighted by molar-refractivity contribution is 0.157. The van der Waals surface area contributed by atoms with Gasteiger partial charge in [-0.05, 0) is 42.8 Å². The standard InChI is InChI=1S/C22H21F2N5O3/c1-10-15(8-28-21-20(10)26-2-3-32-21)14-4-11-5-17(27-9-16(11)19(25)18(14)24)29(22(30)31)13-6-12(23)7-13/h4-5,8-9,12-13,26H,2-3,6-7,25H2,1H3,(H,30,31). The monoisotopic (exact) mass is 441 g/mol. The van der Waals surface area contributed by atoms with E-state index in [1.54, 1.807) is 6.07 Å². The molecule has 3 heterocycles. The third-order valence-corrected chi connectivity index (χ3v) is 6.09. The van der Waals surface area contributed by atoms with Crippen LogP contribution in [0.5, 0.6) is 5.88 Å². The Morgan fingerprint density at radius 2 is 2.06 bits per heavy atom. The zero-order valence-corrected chi connectivity index (χ0v) is 17.2. The number of hydrogen-bond donors (Lipinski definition) is 3.